The van der Waals surface area contributed by atoms with Gasteiger partial charge in [-0.25, -0.2) is 0 Å². The molecule has 2 N–H and O–H groups in total. The summed E-state index contributed by atoms with van der Waals surface area (Å²) in [6, 6.07) is 6.20. The minimum atomic E-state index is 0.0643. The van der Waals surface area contributed by atoms with Gasteiger partial charge >= 0.3 is 0 Å². The predicted octanol–water partition coefficient (Wildman–Crippen LogP) is 1.28. The van der Waals surface area contributed by atoms with Gasteiger partial charge < -0.3 is 10.6 Å². The fourth-order valence-electron chi connectivity index (χ4n) is 1.86. The number of nitrogens with one attached hydrogen (secondary N) is 2. The van der Waals surface area contributed by atoms with Gasteiger partial charge in [0.15, 0.2) is 0 Å². The van der Waals surface area contributed by atoms with Crippen LogP contribution < -0.4 is 10.6 Å². The Hall–Kier alpha value is -1.06. The van der Waals surface area contributed by atoms with Crippen LogP contribution in [-0.4, -0.2) is 25.0 Å². The molecule has 0 aromatic heterocycles. The smallest absolute Gasteiger partial charge is 0.234 e. The van der Waals surface area contributed by atoms with Crippen molar-refractivity contribution in [2.45, 2.75) is 19.4 Å². The molecule has 1 amide bonds. The van der Waals surface area contributed by atoms with E-state index in [0.29, 0.717) is 6.54 Å². The van der Waals surface area contributed by atoms with Gasteiger partial charge in [0.2, 0.25) is 5.91 Å². The summed E-state index contributed by atoms with van der Waals surface area (Å²) in [7, 11) is 0. The number of carbonyl (C=O) groups is 1. The summed E-state index contributed by atoms with van der Waals surface area (Å²) in [6.07, 6.45) is 0.818. The van der Waals surface area contributed by atoms with Crippen molar-refractivity contribution in [3.8, 4) is 0 Å². The molecule has 1 saturated heterocycles. The lowest BCUT2D eigenvalue weighted by molar-refractivity contribution is -0.122. The Kier molecular flexibility index (Phi) is 3.46. The topological polar surface area (TPSA) is 41.1 Å². The van der Waals surface area contributed by atoms with Crippen LogP contribution in [-0.2, 0) is 11.2 Å². The van der Waals surface area contributed by atoms with Crippen LogP contribution >= 0.6 is 11.6 Å². The molecule has 1 atom stereocenters. The first-order valence-corrected chi connectivity index (χ1v) is 5.78. The molecular weight excluding hydrogens is 224 g/mol. The lowest BCUT2D eigenvalue weighted by atomic mass is 10.0. The third-order valence-electron chi connectivity index (χ3n) is 2.76. The molecule has 0 radical (unpaired) electrons. The van der Waals surface area contributed by atoms with Crippen LogP contribution in [0, 0.1) is 6.92 Å². The molecule has 16 heavy (non-hydrogen) atoms. The van der Waals surface area contributed by atoms with E-state index in [0.717, 1.165) is 29.1 Å². The van der Waals surface area contributed by atoms with Crippen molar-refractivity contribution < 1.29 is 4.79 Å². The number of rotatable bonds is 2. The highest BCUT2D eigenvalue weighted by molar-refractivity contribution is 6.31. The molecule has 1 aliphatic rings. The molecule has 0 saturated carbocycles. The fraction of sp³-hybridized carbons (Fsp3) is 0.417. The molecule has 1 aliphatic heterocycles. The van der Waals surface area contributed by atoms with Crippen molar-refractivity contribution in [3.05, 3.63) is 34.3 Å². The molecule has 1 fully saturated rings. The molecule has 4 heteroatoms. The predicted molar refractivity (Wildman–Crippen MR) is 64.7 cm³/mol. The molecule has 1 unspecified atom stereocenters. The number of hydrogen-bond donors (Lipinski definition) is 2. The van der Waals surface area contributed by atoms with E-state index in [1.165, 1.54) is 0 Å². The summed E-state index contributed by atoms with van der Waals surface area (Å²) in [5.74, 6) is 0.0643. The number of piperazine rings is 1. The Morgan fingerprint density at radius 2 is 2.31 bits per heavy atom. The molecule has 1 aromatic rings. The van der Waals surface area contributed by atoms with Crippen LogP contribution in [0.15, 0.2) is 18.2 Å². The number of hydrogen-bond acceptors (Lipinski definition) is 2. The average Bonchev–Trinajstić information content (AvgIpc) is 2.24. The van der Waals surface area contributed by atoms with E-state index in [-0.39, 0.29) is 11.9 Å². The van der Waals surface area contributed by atoms with Gasteiger partial charge in [0.1, 0.15) is 0 Å². The zero-order chi connectivity index (χ0) is 11.5. The maximum absolute atomic E-state index is 11.2. The monoisotopic (exact) mass is 238 g/mol. The Morgan fingerprint density at radius 1 is 1.50 bits per heavy atom. The van der Waals surface area contributed by atoms with Crippen LogP contribution in [0.3, 0.4) is 0 Å². The Labute approximate surface area is 100 Å². The van der Waals surface area contributed by atoms with Crippen molar-refractivity contribution in [2.75, 3.05) is 13.1 Å². The van der Waals surface area contributed by atoms with Crippen molar-refractivity contribution in [1.29, 1.82) is 0 Å². The first kappa shape index (κ1) is 11.4. The zero-order valence-corrected chi connectivity index (χ0v) is 9.97. The molecule has 3 nitrogen and oxygen atoms in total. The normalized spacial score (nSPS) is 20.6. The second kappa shape index (κ2) is 4.85. The van der Waals surface area contributed by atoms with Crippen LogP contribution in [0.1, 0.15) is 11.1 Å². The summed E-state index contributed by atoms with van der Waals surface area (Å²) < 4.78 is 0. The molecule has 2 rings (SSSR count). The van der Waals surface area contributed by atoms with Crippen molar-refractivity contribution in [1.82, 2.24) is 10.6 Å². The SMILES string of the molecule is Cc1ccc(CC2CNCC(=O)N2)cc1Cl. The van der Waals surface area contributed by atoms with Crippen LogP contribution in [0.5, 0.6) is 0 Å². The minimum absolute atomic E-state index is 0.0643. The summed E-state index contributed by atoms with van der Waals surface area (Å²) in [5, 5.41) is 6.83. The van der Waals surface area contributed by atoms with E-state index in [9.17, 15) is 4.79 Å². The van der Waals surface area contributed by atoms with Crippen LogP contribution in [0.4, 0.5) is 0 Å². The van der Waals surface area contributed by atoms with Crippen molar-refractivity contribution in [2.24, 2.45) is 0 Å². The van der Waals surface area contributed by atoms with E-state index >= 15 is 0 Å². The van der Waals surface area contributed by atoms with Crippen molar-refractivity contribution >= 4 is 17.5 Å². The molecule has 1 aromatic carbocycles. The minimum Gasteiger partial charge on any atom is -0.351 e. The largest absolute Gasteiger partial charge is 0.351 e. The van der Waals surface area contributed by atoms with Crippen molar-refractivity contribution in [3.63, 3.8) is 0 Å². The molecule has 0 spiro atoms. The quantitative estimate of drug-likeness (QED) is 0.815. The standard InChI is InChI=1S/C12H15ClN2O/c1-8-2-3-9(5-11(8)13)4-10-6-14-7-12(16)15-10/h2-3,5,10,14H,4,6-7H2,1H3,(H,15,16). The molecule has 0 bridgehead atoms. The summed E-state index contributed by atoms with van der Waals surface area (Å²) in [4.78, 5) is 11.2. The maximum atomic E-state index is 11.2. The van der Waals surface area contributed by atoms with Gasteiger partial charge in [0.25, 0.3) is 0 Å². The number of benzene rings is 1. The van der Waals surface area contributed by atoms with Crippen LogP contribution in [0.2, 0.25) is 5.02 Å². The van der Waals surface area contributed by atoms with Gasteiger partial charge in [0.05, 0.1) is 6.54 Å². The molecule has 86 valence electrons. The highest BCUT2D eigenvalue weighted by Crippen LogP contribution is 2.17. The lowest BCUT2D eigenvalue weighted by Gasteiger charge is -2.24. The summed E-state index contributed by atoms with van der Waals surface area (Å²) >= 11 is 6.06. The molecular formula is C12H15ClN2O. The second-order valence-electron chi connectivity index (χ2n) is 4.18. The number of aryl methyl sites for hydroxylation is 1. The second-order valence-corrected chi connectivity index (χ2v) is 4.59. The number of amides is 1. The number of carbonyl (C=O) groups excluding carboxylic acids is 1. The first-order chi connectivity index (χ1) is 7.65. The van der Waals surface area contributed by atoms with E-state index < -0.39 is 0 Å². The molecule has 0 aliphatic carbocycles. The Bertz CT molecular complexity index is 406. The van der Waals surface area contributed by atoms with E-state index in [4.69, 9.17) is 11.6 Å². The first-order valence-electron chi connectivity index (χ1n) is 5.40. The van der Waals surface area contributed by atoms with Gasteiger partial charge in [-0.05, 0) is 30.5 Å². The Morgan fingerprint density at radius 3 is 3.00 bits per heavy atom. The van der Waals surface area contributed by atoms with Gasteiger partial charge in [-0.1, -0.05) is 23.7 Å². The zero-order valence-electron chi connectivity index (χ0n) is 9.22. The highest BCUT2D eigenvalue weighted by atomic mass is 35.5. The molecule has 1 heterocycles. The summed E-state index contributed by atoms with van der Waals surface area (Å²) in [6.45, 7) is 3.22. The van der Waals surface area contributed by atoms with E-state index in [2.05, 4.69) is 16.7 Å². The average molecular weight is 239 g/mol. The van der Waals surface area contributed by atoms with E-state index in [1.54, 1.807) is 0 Å². The van der Waals surface area contributed by atoms with Gasteiger partial charge in [-0.15, -0.1) is 0 Å². The summed E-state index contributed by atoms with van der Waals surface area (Å²) in [5.41, 5.74) is 2.24. The van der Waals surface area contributed by atoms with Crippen LogP contribution in [0.25, 0.3) is 0 Å². The van der Waals surface area contributed by atoms with Gasteiger partial charge in [-0.2, -0.15) is 0 Å². The lowest BCUT2D eigenvalue weighted by Crippen LogP contribution is -2.52. The van der Waals surface area contributed by atoms with E-state index in [1.807, 2.05) is 19.1 Å². The van der Waals surface area contributed by atoms with Gasteiger partial charge in [-0.3, -0.25) is 4.79 Å². The third-order valence-corrected chi connectivity index (χ3v) is 3.17. The Balaban J connectivity index is 2.03. The number of halogens is 1. The fourth-order valence-corrected chi connectivity index (χ4v) is 2.06. The maximum Gasteiger partial charge on any atom is 0.234 e. The third kappa shape index (κ3) is 2.74. The highest BCUT2D eigenvalue weighted by Gasteiger charge is 2.17. The van der Waals surface area contributed by atoms with Gasteiger partial charge in [0, 0.05) is 17.6 Å².